The van der Waals surface area contributed by atoms with Crippen molar-refractivity contribution in [1.29, 1.82) is 0 Å². The zero-order valence-electron chi connectivity index (χ0n) is 19.9. The van der Waals surface area contributed by atoms with Crippen LogP contribution in [0.2, 0.25) is 10.2 Å². The van der Waals surface area contributed by atoms with Crippen molar-refractivity contribution in [2.45, 2.75) is 25.8 Å². The van der Waals surface area contributed by atoms with Crippen molar-refractivity contribution in [2.75, 3.05) is 13.2 Å². The number of carbonyl (C=O) groups is 1. The van der Waals surface area contributed by atoms with Crippen LogP contribution >= 0.6 is 34.5 Å². The summed E-state index contributed by atoms with van der Waals surface area (Å²) in [7, 11) is 0. The molecular formula is C25H19Cl2FN6O3S. The van der Waals surface area contributed by atoms with Crippen molar-refractivity contribution in [3.63, 3.8) is 0 Å². The Hall–Kier alpha value is -3.54. The van der Waals surface area contributed by atoms with E-state index in [0.29, 0.717) is 40.8 Å². The number of nitrogens with zero attached hydrogens (tertiary/aromatic N) is 6. The predicted octanol–water partition coefficient (Wildman–Crippen LogP) is 5.40. The number of benzene rings is 1. The van der Waals surface area contributed by atoms with E-state index in [1.807, 2.05) is 6.92 Å². The third kappa shape index (κ3) is 4.40. The Bertz CT molecular complexity index is 1650. The smallest absolute Gasteiger partial charge is 0.261 e. The molecule has 1 unspecified atom stereocenters. The number of imidazole rings is 1. The summed E-state index contributed by atoms with van der Waals surface area (Å²) >= 11 is 13.8. The molecule has 0 spiro atoms. The highest BCUT2D eigenvalue weighted by Crippen LogP contribution is 2.38. The third-order valence-corrected chi connectivity index (χ3v) is 7.77. The van der Waals surface area contributed by atoms with Crippen LogP contribution in [0, 0.1) is 5.82 Å². The number of aromatic nitrogens is 5. The highest BCUT2D eigenvalue weighted by atomic mass is 35.5. The lowest BCUT2D eigenvalue weighted by molar-refractivity contribution is -0.135. The first-order valence-electron chi connectivity index (χ1n) is 11.7. The fourth-order valence-corrected chi connectivity index (χ4v) is 5.70. The average molecular weight is 573 g/mol. The second kappa shape index (κ2) is 9.97. The van der Waals surface area contributed by atoms with Gasteiger partial charge in [-0.25, -0.2) is 23.9 Å². The SMILES string of the molecule is CCc1nn2c3c(nc2s1)CCN(C(=O)COc1ccc(-c2ncco2)nc1Cl)C3c1ccc(Cl)cc1F. The molecule has 5 heterocycles. The number of ether oxygens (including phenoxy) is 1. The monoisotopic (exact) mass is 572 g/mol. The maximum atomic E-state index is 15.3. The maximum absolute atomic E-state index is 15.3. The Morgan fingerprint density at radius 2 is 2.13 bits per heavy atom. The molecule has 38 heavy (non-hydrogen) atoms. The summed E-state index contributed by atoms with van der Waals surface area (Å²) in [4.78, 5) is 28.8. The number of rotatable bonds is 6. The topological polar surface area (TPSA) is 98.7 Å². The number of aryl methyl sites for hydroxylation is 1. The Morgan fingerprint density at radius 3 is 2.87 bits per heavy atom. The zero-order valence-corrected chi connectivity index (χ0v) is 22.2. The molecule has 0 bridgehead atoms. The number of fused-ring (bicyclic) bond motifs is 3. The normalized spacial score (nSPS) is 15.2. The van der Waals surface area contributed by atoms with E-state index in [0.717, 1.165) is 17.1 Å². The van der Waals surface area contributed by atoms with E-state index in [1.165, 1.54) is 29.9 Å². The van der Waals surface area contributed by atoms with Crippen LogP contribution in [0.1, 0.15) is 34.9 Å². The summed E-state index contributed by atoms with van der Waals surface area (Å²) < 4.78 is 28.0. The highest BCUT2D eigenvalue weighted by Gasteiger charge is 2.38. The third-order valence-electron chi connectivity index (χ3n) is 6.21. The number of pyridine rings is 1. The lowest BCUT2D eigenvalue weighted by Crippen LogP contribution is -2.43. The van der Waals surface area contributed by atoms with E-state index >= 15 is 4.39 Å². The molecule has 4 aromatic heterocycles. The van der Waals surface area contributed by atoms with Gasteiger partial charge in [0.25, 0.3) is 5.91 Å². The quantitative estimate of drug-likeness (QED) is 0.251. The largest absolute Gasteiger partial charge is 0.481 e. The van der Waals surface area contributed by atoms with Crippen molar-refractivity contribution in [3.8, 4) is 17.3 Å². The van der Waals surface area contributed by atoms with E-state index in [4.69, 9.17) is 37.3 Å². The van der Waals surface area contributed by atoms with Gasteiger partial charge in [-0.2, -0.15) is 5.10 Å². The Labute approximate surface area is 229 Å². The second-order valence-corrected chi connectivity index (χ2v) is 10.3. The van der Waals surface area contributed by atoms with Gasteiger partial charge in [0.15, 0.2) is 17.5 Å². The summed E-state index contributed by atoms with van der Waals surface area (Å²) in [6, 6.07) is 6.89. The van der Waals surface area contributed by atoms with Crippen LogP contribution in [0.4, 0.5) is 4.39 Å². The molecule has 0 radical (unpaired) electrons. The van der Waals surface area contributed by atoms with E-state index in [2.05, 4.69) is 15.1 Å². The molecule has 1 aromatic carbocycles. The molecule has 0 aliphatic carbocycles. The minimum Gasteiger partial charge on any atom is -0.481 e. The molecule has 0 N–H and O–H groups in total. The molecular weight excluding hydrogens is 554 g/mol. The average Bonchev–Trinajstić information content (AvgIpc) is 3.64. The highest BCUT2D eigenvalue weighted by molar-refractivity contribution is 7.16. The Kier molecular flexibility index (Phi) is 6.50. The number of halogens is 3. The summed E-state index contributed by atoms with van der Waals surface area (Å²) in [6.07, 6.45) is 4.17. The first-order chi connectivity index (χ1) is 18.4. The van der Waals surface area contributed by atoms with Gasteiger partial charge in [0.05, 0.1) is 17.6 Å². The number of oxazole rings is 1. The number of hydrogen-bond donors (Lipinski definition) is 0. The van der Waals surface area contributed by atoms with E-state index in [9.17, 15) is 4.79 Å². The molecule has 9 nitrogen and oxygen atoms in total. The fourth-order valence-electron chi connectivity index (χ4n) is 4.48. The summed E-state index contributed by atoms with van der Waals surface area (Å²) in [6.45, 7) is 1.99. The zero-order chi connectivity index (χ0) is 26.4. The standard InChI is InChI=1S/C25H19Cl2FN6O3S/c1-2-19-32-34-22-16(31-25(34)38-19)7-9-33(21(22)14-4-3-13(26)11-15(14)28)20(35)12-37-18-6-5-17(30-23(18)27)24-29-8-10-36-24/h3-6,8,10-11,21H,2,7,9,12H2,1H3. The minimum absolute atomic E-state index is 0.0572. The van der Waals surface area contributed by atoms with E-state index in [1.54, 1.807) is 33.7 Å². The molecule has 1 amide bonds. The van der Waals surface area contributed by atoms with Crippen LogP contribution in [0.25, 0.3) is 16.5 Å². The van der Waals surface area contributed by atoms with Crippen LogP contribution in [-0.2, 0) is 17.6 Å². The van der Waals surface area contributed by atoms with Gasteiger partial charge in [-0.3, -0.25) is 4.79 Å². The van der Waals surface area contributed by atoms with Crippen molar-refractivity contribution in [1.82, 2.24) is 29.5 Å². The fraction of sp³-hybridized carbons (Fsp3) is 0.240. The molecule has 1 aliphatic heterocycles. The van der Waals surface area contributed by atoms with Crippen molar-refractivity contribution in [2.24, 2.45) is 0 Å². The molecule has 13 heteroatoms. The predicted molar refractivity (Wildman–Crippen MR) is 139 cm³/mol. The molecule has 194 valence electrons. The number of hydrogen-bond acceptors (Lipinski definition) is 8. The van der Waals surface area contributed by atoms with Crippen LogP contribution in [0.15, 0.2) is 47.2 Å². The van der Waals surface area contributed by atoms with Gasteiger partial charge in [-0.15, -0.1) is 0 Å². The molecule has 0 fully saturated rings. The van der Waals surface area contributed by atoms with Gasteiger partial charge >= 0.3 is 0 Å². The first-order valence-corrected chi connectivity index (χ1v) is 13.3. The van der Waals surface area contributed by atoms with Crippen LogP contribution in [0.5, 0.6) is 5.75 Å². The summed E-state index contributed by atoms with van der Waals surface area (Å²) in [5.74, 6) is -0.346. The molecule has 5 aromatic rings. The van der Waals surface area contributed by atoms with Crippen molar-refractivity contribution in [3.05, 3.63) is 80.7 Å². The number of amides is 1. The molecule has 0 saturated heterocycles. The van der Waals surface area contributed by atoms with Crippen LogP contribution in [0.3, 0.4) is 0 Å². The molecule has 6 rings (SSSR count). The van der Waals surface area contributed by atoms with Gasteiger partial charge in [0, 0.05) is 23.6 Å². The summed E-state index contributed by atoms with van der Waals surface area (Å²) in [5.41, 5.74) is 2.17. The molecule has 1 aliphatic rings. The lowest BCUT2D eigenvalue weighted by atomic mass is 9.95. The Balaban J connectivity index is 1.32. The second-order valence-electron chi connectivity index (χ2n) is 8.50. The van der Waals surface area contributed by atoms with Gasteiger partial charge in [0.2, 0.25) is 10.9 Å². The van der Waals surface area contributed by atoms with Crippen molar-refractivity contribution < 1.29 is 18.3 Å². The lowest BCUT2D eigenvalue weighted by Gasteiger charge is -2.35. The van der Waals surface area contributed by atoms with Gasteiger partial charge < -0.3 is 14.1 Å². The van der Waals surface area contributed by atoms with Gasteiger partial charge in [0.1, 0.15) is 28.8 Å². The van der Waals surface area contributed by atoms with Crippen molar-refractivity contribution >= 4 is 45.4 Å². The Morgan fingerprint density at radius 1 is 1.26 bits per heavy atom. The van der Waals surface area contributed by atoms with Gasteiger partial charge in [-0.1, -0.05) is 47.5 Å². The maximum Gasteiger partial charge on any atom is 0.261 e. The summed E-state index contributed by atoms with van der Waals surface area (Å²) in [5, 5.41) is 5.89. The molecule has 1 atom stereocenters. The van der Waals surface area contributed by atoms with Crippen LogP contribution in [-0.4, -0.2) is 48.5 Å². The van der Waals surface area contributed by atoms with Gasteiger partial charge in [-0.05, 0) is 30.7 Å². The van der Waals surface area contributed by atoms with Crippen LogP contribution < -0.4 is 4.74 Å². The van der Waals surface area contributed by atoms with E-state index < -0.39 is 11.9 Å². The van der Waals surface area contributed by atoms with E-state index in [-0.39, 0.29) is 28.4 Å². The molecule has 0 saturated carbocycles. The first kappa shape index (κ1) is 24.8. The number of carbonyl (C=O) groups excluding carboxylic acids is 1. The minimum atomic E-state index is -0.769.